The van der Waals surface area contributed by atoms with Gasteiger partial charge in [-0.1, -0.05) is 206 Å². The van der Waals surface area contributed by atoms with Gasteiger partial charge in [0.05, 0.1) is 16.8 Å². The lowest BCUT2D eigenvalue weighted by Gasteiger charge is -2.33. The fourth-order valence-corrected chi connectivity index (χ4v) is 11.8. The molecule has 1 nitrogen and oxygen atoms in total. The molecule has 0 bridgehead atoms. The van der Waals surface area contributed by atoms with Crippen molar-refractivity contribution in [2.75, 3.05) is 4.90 Å². The third kappa shape index (κ3) is 4.57. The molecular weight excluding hydrogens is 747 g/mol. The zero-order chi connectivity index (χ0) is 41.0. The minimum absolute atomic E-state index is 0.332. The highest BCUT2D eigenvalue weighted by atomic mass is 15.1. The van der Waals surface area contributed by atoms with Gasteiger partial charge >= 0.3 is 0 Å². The third-order valence-corrected chi connectivity index (χ3v) is 14.4. The van der Waals surface area contributed by atoms with Gasteiger partial charge in [0.1, 0.15) is 0 Å². The summed E-state index contributed by atoms with van der Waals surface area (Å²) in [5, 5.41) is 2.57. The van der Waals surface area contributed by atoms with Crippen molar-refractivity contribution in [2.45, 2.75) is 17.8 Å². The molecule has 3 aliphatic carbocycles. The predicted molar refractivity (Wildman–Crippen MR) is 258 cm³/mol. The van der Waals surface area contributed by atoms with Crippen molar-refractivity contribution in [1.29, 1.82) is 0 Å². The van der Waals surface area contributed by atoms with Gasteiger partial charge in [0, 0.05) is 22.2 Å². The Hall–Kier alpha value is -7.74. The standard InChI is InChI=1S/C61H41N/c1-60(43-21-6-3-7-22-43)49-27-13-10-24-46(49)58-52(60)30-16-32-55(58)62(44-37-34-41(35-38-44)40-18-4-2-5-19-40)56-33-17-31-53-59(56)48-26-12-15-29-51(48)61(53)50-28-14-11-25-47(50)57-45-23-9-8-20-42(45)36-39-54(57)61/h2-39H,1H3. The molecule has 3 aliphatic rings. The van der Waals surface area contributed by atoms with Crippen LogP contribution in [0.4, 0.5) is 17.1 Å². The maximum absolute atomic E-state index is 2.57. The van der Waals surface area contributed by atoms with Gasteiger partial charge in [-0.3, -0.25) is 0 Å². The summed E-state index contributed by atoms with van der Waals surface area (Å²) in [6.45, 7) is 2.41. The monoisotopic (exact) mass is 787 g/mol. The highest BCUT2D eigenvalue weighted by Gasteiger charge is 2.53. The first kappa shape index (κ1) is 35.1. The van der Waals surface area contributed by atoms with E-state index in [0.717, 1.165) is 5.69 Å². The van der Waals surface area contributed by atoms with Crippen LogP contribution in [0.5, 0.6) is 0 Å². The van der Waals surface area contributed by atoms with Crippen LogP contribution in [0.25, 0.3) is 55.3 Å². The minimum atomic E-state index is -0.488. The van der Waals surface area contributed by atoms with Crippen molar-refractivity contribution in [3.8, 4) is 44.5 Å². The predicted octanol–water partition coefficient (Wildman–Crippen LogP) is 15.7. The first-order valence-corrected chi connectivity index (χ1v) is 21.8. The second-order valence-electron chi connectivity index (χ2n) is 17.2. The van der Waals surface area contributed by atoms with Crippen molar-refractivity contribution >= 4 is 27.8 Å². The number of hydrogen-bond acceptors (Lipinski definition) is 1. The first-order valence-electron chi connectivity index (χ1n) is 21.8. The summed E-state index contributed by atoms with van der Waals surface area (Å²) in [6, 6.07) is 86.1. The van der Waals surface area contributed by atoms with Gasteiger partial charge in [-0.05, 0) is 114 Å². The van der Waals surface area contributed by atoms with Gasteiger partial charge in [0.2, 0.25) is 0 Å². The maximum Gasteiger partial charge on any atom is 0.0726 e. The Bertz CT molecular complexity index is 3420. The summed E-state index contributed by atoms with van der Waals surface area (Å²) in [5.41, 5.74) is 22.2. The van der Waals surface area contributed by atoms with E-state index in [4.69, 9.17) is 0 Å². The van der Waals surface area contributed by atoms with E-state index in [2.05, 4.69) is 242 Å². The van der Waals surface area contributed by atoms with E-state index in [-0.39, 0.29) is 5.41 Å². The van der Waals surface area contributed by atoms with E-state index >= 15 is 0 Å². The van der Waals surface area contributed by atoms with Crippen LogP contribution in [-0.4, -0.2) is 0 Å². The highest BCUT2D eigenvalue weighted by Crippen LogP contribution is 2.66. The maximum atomic E-state index is 2.57. The molecule has 290 valence electrons. The Labute approximate surface area is 362 Å². The molecule has 0 aliphatic heterocycles. The molecule has 1 heteroatoms. The normalized spacial score (nSPS) is 17.2. The molecule has 0 saturated carbocycles. The van der Waals surface area contributed by atoms with Crippen molar-refractivity contribution in [3.05, 3.63) is 269 Å². The van der Waals surface area contributed by atoms with Gasteiger partial charge in [0.25, 0.3) is 0 Å². The highest BCUT2D eigenvalue weighted by molar-refractivity contribution is 6.08. The van der Waals surface area contributed by atoms with Gasteiger partial charge < -0.3 is 4.90 Å². The molecule has 0 saturated heterocycles. The summed E-state index contributed by atoms with van der Waals surface area (Å²) < 4.78 is 0. The Morgan fingerprint density at radius 1 is 0.323 bits per heavy atom. The summed E-state index contributed by atoms with van der Waals surface area (Å²) in [4.78, 5) is 2.57. The molecule has 10 aromatic rings. The second-order valence-corrected chi connectivity index (χ2v) is 17.2. The Morgan fingerprint density at radius 3 is 1.50 bits per heavy atom. The van der Waals surface area contributed by atoms with Gasteiger partial charge in [-0.2, -0.15) is 0 Å². The largest absolute Gasteiger partial charge is 0.309 e. The quantitative estimate of drug-likeness (QED) is 0.168. The zero-order valence-electron chi connectivity index (χ0n) is 34.4. The summed E-state index contributed by atoms with van der Waals surface area (Å²) >= 11 is 0. The van der Waals surface area contributed by atoms with E-state index in [0.29, 0.717) is 0 Å². The number of hydrogen-bond donors (Lipinski definition) is 0. The SMILES string of the molecule is CC1(c2ccccc2)c2ccccc2-c2c(N(c3ccc(-c4ccccc4)cc3)c3cccc4c3-c3ccccc3C43c4ccccc4-c4c3ccc3ccccc43)cccc21. The number of nitrogens with zero attached hydrogens (tertiary/aromatic N) is 1. The van der Waals surface area contributed by atoms with Crippen LogP contribution in [0.1, 0.15) is 45.9 Å². The van der Waals surface area contributed by atoms with Crippen LogP contribution < -0.4 is 4.90 Å². The van der Waals surface area contributed by atoms with Gasteiger partial charge in [-0.15, -0.1) is 0 Å². The molecule has 0 amide bonds. The van der Waals surface area contributed by atoms with Crippen molar-refractivity contribution in [1.82, 2.24) is 0 Å². The van der Waals surface area contributed by atoms with Crippen LogP contribution in [0.3, 0.4) is 0 Å². The average molecular weight is 788 g/mol. The number of benzene rings is 10. The summed E-state index contributed by atoms with van der Waals surface area (Å²) in [5.74, 6) is 0. The molecule has 1 spiro atoms. The molecular formula is C61H41N. The Kier molecular flexibility index (Phi) is 7.42. The van der Waals surface area contributed by atoms with Gasteiger partial charge in [-0.25, -0.2) is 0 Å². The van der Waals surface area contributed by atoms with Crippen LogP contribution >= 0.6 is 0 Å². The lowest BCUT2D eigenvalue weighted by molar-refractivity contribution is 0.714. The van der Waals surface area contributed by atoms with E-state index in [1.54, 1.807) is 0 Å². The Balaban J connectivity index is 1.12. The molecule has 0 N–H and O–H groups in total. The summed E-state index contributed by atoms with van der Waals surface area (Å²) in [6.07, 6.45) is 0. The smallest absolute Gasteiger partial charge is 0.0726 e. The van der Waals surface area contributed by atoms with E-state index < -0.39 is 5.41 Å². The lowest BCUT2D eigenvalue weighted by atomic mass is 9.70. The number of anilines is 3. The van der Waals surface area contributed by atoms with E-state index in [1.807, 2.05) is 0 Å². The zero-order valence-corrected chi connectivity index (χ0v) is 34.4. The van der Waals surface area contributed by atoms with Crippen LogP contribution in [0.15, 0.2) is 231 Å². The van der Waals surface area contributed by atoms with Gasteiger partial charge in [0.15, 0.2) is 0 Å². The Morgan fingerprint density at radius 2 is 0.806 bits per heavy atom. The molecule has 0 fully saturated rings. The summed E-state index contributed by atoms with van der Waals surface area (Å²) in [7, 11) is 0. The van der Waals surface area contributed by atoms with Crippen LogP contribution in [0, 0.1) is 0 Å². The fraction of sp³-hybridized carbons (Fsp3) is 0.0492. The van der Waals surface area contributed by atoms with E-state index in [9.17, 15) is 0 Å². The molecule has 10 aromatic carbocycles. The van der Waals surface area contributed by atoms with Crippen LogP contribution in [-0.2, 0) is 10.8 Å². The topological polar surface area (TPSA) is 3.24 Å². The van der Waals surface area contributed by atoms with E-state index in [1.165, 1.54) is 106 Å². The fourth-order valence-electron chi connectivity index (χ4n) is 11.8. The lowest BCUT2D eigenvalue weighted by Crippen LogP contribution is -2.26. The van der Waals surface area contributed by atoms with Crippen molar-refractivity contribution in [2.24, 2.45) is 0 Å². The third-order valence-electron chi connectivity index (χ3n) is 14.4. The molecule has 0 aromatic heterocycles. The molecule has 0 heterocycles. The number of fused-ring (bicyclic) bond motifs is 15. The second kappa shape index (κ2) is 13.1. The molecule has 2 atom stereocenters. The van der Waals surface area contributed by atoms with Crippen molar-refractivity contribution < 1.29 is 0 Å². The van der Waals surface area contributed by atoms with Crippen LogP contribution in [0.2, 0.25) is 0 Å². The average Bonchev–Trinajstić information content (AvgIpc) is 3.93. The minimum Gasteiger partial charge on any atom is -0.309 e. The number of rotatable bonds is 5. The molecule has 0 radical (unpaired) electrons. The van der Waals surface area contributed by atoms with Crippen molar-refractivity contribution in [3.63, 3.8) is 0 Å². The first-order chi connectivity index (χ1) is 30.7. The molecule has 2 unspecified atom stereocenters. The molecule has 62 heavy (non-hydrogen) atoms. The molecule has 13 rings (SSSR count).